The summed E-state index contributed by atoms with van der Waals surface area (Å²) in [7, 11) is 2.05. The van der Waals surface area contributed by atoms with E-state index in [1.54, 1.807) is 0 Å². The number of nitrogens with zero attached hydrogens (tertiary/aromatic N) is 2. The van der Waals surface area contributed by atoms with E-state index < -0.39 is 0 Å². The van der Waals surface area contributed by atoms with E-state index in [0.29, 0.717) is 0 Å². The molecule has 2 aromatic rings. The zero-order valence-electron chi connectivity index (χ0n) is 11.1. The molecule has 0 aliphatic carbocycles. The molecular weight excluding hydrogens is 222 g/mol. The van der Waals surface area contributed by atoms with E-state index in [1.165, 1.54) is 11.1 Å². The van der Waals surface area contributed by atoms with Crippen LogP contribution in [0.1, 0.15) is 16.8 Å². The lowest BCUT2D eigenvalue weighted by Gasteiger charge is -2.20. The van der Waals surface area contributed by atoms with Crippen LogP contribution >= 0.6 is 0 Å². The molecule has 18 heavy (non-hydrogen) atoms. The number of rotatable bonds is 3. The van der Waals surface area contributed by atoms with Gasteiger partial charge in [-0.25, -0.2) is 4.98 Å². The quantitative estimate of drug-likeness (QED) is 0.898. The van der Waals surface area contributed by atoms with E-state index in [0.717, 1.165) is 23.7 Å². The summed E-state index contributed by atoms with van der Waals surface area (Å²) in [6, 6.07) is 12.3. The van der Waals surface area contributed by atoms with Gasteiger partial charge in [0, 0.05) is 13.6 Å². The minimum absolute atomic E-state index is 0.739. The Balaban J connectivity index is 2.19. The van der Waals surface area contributed by atoms with Crippen molar-refractivity contribution < 1.29 is 0 Å². The van der Waals surface area contributed by atoms with Gasteiger partial charge in [0.1, 0.15) is 5.82 Å². The van der Waals surface area contributed by atoms with E-state index >= 15 is 0 Å². The second kappa shape index (κ2) is 5.08. The van der Waals surface area contributed by atoms with Crippen molar-refractivity contribution in [3.8, 4) is 0 Å². The standard InChI is InChI=1S/C15H19N3/c1-11-6-4-5-7-13(11)10-18(3)15-9-8-14(16)12(2)17-15/h4-9H,10,16H2,1-3H3. The number of aryl methyl sites for hydroxylation is 2. The first-order chi connectivity index (χ1) is 8.58. The Labute approximate surface area is 108 Å². The van der Waals surface area contributed by atoms with Crippen molar-refractivity contribution in [2.24, 2.45) is 0 Å². The van der Waals surface area contributed by atoms with Gasteiger partial charge in [-0.05, 0) is 37.1 Å². The largest absolute Gasteiger partial charge is 0.397 e. The van der Waals surface area contributed by atoms with Gasteiger partial charge in [-0.1, -0.05) is 24.3 Å². The molecule has 0 fully saturated rings. The van der Waals surface area contributed by atoms with Crippen LogP contribution in [0.15, 0.2) is 36.4 Å². The number of pyridine rings is 1. The normalized spacial score (nSPS) is 10.4. The van der Waals surface area contributed by atoms with E-state index in [4.69, 9.17) is 5.73 Å². The predicted molar refractivity (Wildman–Crippen MR) is 76.7 cm³/mol. The Kier molecular flexibility index (Phi) is 3.51. The van der Waals surface area contributed by atoms with Gasteiger partial charge >= 0.3 is 0 Å². The van der Waals surface area contributed by atoms with E-state index in [2.05, 4.69) is 41.1 Å². The molecule has 0 bridgehead atoms. The van der Waals surface area contributed by atoms with Crippen LogP contribution in [0.4, 0.5) is 11.5 Å². The van der Waals surface area contributed by atoms with Gasteiger partial charge < -0.3 is 10.6 Å². The van der Waals surface area contributed by atoms with Crippen molar-refractivity contribution in [3.63, 3.8) is 0 Å². The van der Waals surface area contributed by atoms with Crippen LogP contribution in [0.2, 0.25) is 0 Å². The van der Waals surface area contributed by atoms with E-state index in [-0.39, 0.29) is 0 Å². The highest BCUT2D eigenvalue weighted by molar-refractivity contribution is 5.50. The van der Waals surface area contributed by atoms with Crippen LogP contribution in [0.5, 0.6) is 0 Å². The van der Waals surface area contributed by atoms with Crippen molar-refractivity contribution in [1.82, 2.24) is 4.98 Å². The zero-order valence-corrected chi connectivity index (χ0v) is 11.1. The van der Waals surface area contributed by atoms with Crippen LogP contribution in [-0.2, 0) is 6.54 Å². The van der Waals surface area contributed by atoms with Gasteiger partial charge in [-0.15, -0.1) is 0 Å². The number of hydrogen-bond donors (Lipinski definition) is 1. The first-order valence-electron chi connectivity index (χ1n) is 6.06. The molecule has 0 atom stereocenters. The molecule has 0 saturated heterocycles. The summed E-state index contributed by atoms with van der Waals surface area (Å²) >= 11 is 0. The van der Waals surface area contributed by atoms with Crippen LogP contribution in [-0.4, -0.2) is 12.0 Å². The summed E-state index contributed by atoms with van der Waals surface area (Å²) in [6.45, 7) is 4.91. The highest BCUT2D eigenvalue weighted by Crippen LogP contribution is 2.18. The molecule has 2 rings (SSSR count). The Bertz CT molecular complexity index is 549. The lowest BCUT2D eigenvalue weighted by Crippen LogP contribution is -2.18. The first-order valence-corrected chi connectivity index (χ1v) is 6.06. The van der Waals surface area contributed by atoms with Gasteiger partial charge in [0.25, 0.3) is 0 Å². The molecule has 94 valence electrons. The summed E-state index contributed by atoms with van der Waals surface area (Å²) in [5, 5.41) is 0. The fourth-order valence-electron chi connectivity index (χ4n) is 1.90. The SMILES string of the molecule is Cc1ccccc1CN(C)c1ccc(N)c(C)n1. The molecule has 2 N–H and O–H groups in total. The minimum Gasteiger partial charge on any atom is -0.397 e. The van der Waals surface area contributed by atoms with E-state index in [1.807, 2.05) is 26.1 Å². The van der Waals surface area contributed by atoms with Crippen molar-refractivity contribution in [2.45, 2.75) is 20.4 Å². The molecule has 3 heteroatoms. The molecular formula is C15H19N3. The summed E-state index contributed by atoms with van der Waals surface area (Å²) in [6.07, 6.45) is 0. The van der Waals surface area contributed by atoms with Crippen molar-refractivity contribution >= 4 is 11.5 Å². The molecule has 0 amide bonds. The number of hydrogen-bond acceptors (Lipinski definition) is 3. The van der Waals surface area contributed by atoms with Crippen molar-refractivity contribution in [2.75, 3.05) is 17.7 Å². The number of benzene rings is 1. The second-order valence-corrected chi connectivity index (χ2v) is 4.63. The maximum absolute atomic E-state index is 5.78. The Hall–Kier alpha value is -2.03. The zero-order chi connectivity index (χ0) is 13.1. The van der Waals surface area contributed by atoms with E-state index in [9.17, 15) is 0 Å². The third kappa shape index (κ3) is 2.62. The Morgan fingerprint density at radius 3 is 2.50 bits per heavy atom. The molecule has 1 aromatic heterocycles. The highest BCUT2D eigenvalue weighted by Gasteiger charge is 2.06. The first kappa shape index (κ1) is 12.4. The van der Waals surface area contributed by atoms with Crippen LogP contribution < -0.4 is 10.6 Å². The molecule has 3 nitrogen and oxygen atoms in total. The molecule has 0 radical (unpaired) electrons. The summed E-state index contributed by atoms with van der Waals surface area (Å²) in [5.41, 5.74) is 10.0. The molecule has 0 aliphatic heterocycles. The third-order valence-corrected chi connectivity index (χ3v) is 3.17. The van der Waals surface area contributed by atoms with Crippen LogP contribution in [0.25, 0.3) is 0 Å². The second-order valence-electron chi connectivity index (χ2n) is 4.63. The molecule has 0 aliphatic rings. The lowest BCUT2D eigenvalue weighted by atomic mass is 10.1. The number of anilines is 2. The van der Waals surface area contributed by atoms with Gasteiger partial charge in [-0.3, -0.25) is 0 Å². The highest BCUT2D eigenvalue weighted by atomic mass is 15.2. The summed E-state index contributed by atoms with van der Waals surface area (Å²) in [4.78, 5) is 6.63. The summed E-state index contributed by atoms with van der Waals surface area (Å²) < 4.78 is 0. The fourth-order valence-corrected chi connectivity index (χ4v) is 1.90. The molecule has 1 heterocycles. The number of nitrogens with two attached hydrogens (primary N) is 1. The van der Waals surface area contributed by atoms with Gasteiger partial charge in [0.05, 0.1) is 11.4 Å². The van der Waals surface area contributed by atoms with Crippen LogP contribution in [0, 0.1) is 13.8 Å². The van der Waals surface area contributed by atoms with Gasteiger partial charge in [0.15, 0.2) is 0 Å². The fraction of sp³-hybridized carbons (Fsp3) is 0.267. The average Bonchev–Trinajstić information content (AvgIpc) is 2.35. The molecule has 0 unspecified atom stereocenters. The number of aromatic nitrogens is 1. The topological polar surface area (TPSA) is 42.1 Å². The molecule has 0 saturated carbocycles. The smallest absolute Gasteiger partial charge is 0.128 e. The molecule has 0 spiro atoms. The Morgan fingerprint density at radius 1 is 1.11 bits per heavy atom. The van der Waals surface area contributed by atoms with Gasteiger partial charge in [0.2, 0.25) is 0 Å². The maximum Gasteiger partial charge on any atom is 0.128 e. The monoisotopic (exact) mass is 241 g/mol. The Morgan fingerprint density at radius 2 is 1.83 bits per heavy atom. The lowest BCUT2D eigenvalue weighted by molar-refractivity contribution is 0.886. The van der Waals surface area contributed by atoms with Crippen molar-refractivity contribution in [3.05, 3.63) is 53.2 Å². The third-order valence-electron chi connectivity index (χ3n) is 3.17. The van der Waals surface area contributed by atoms with Crippen LogP contribution in [0.3, 0.4) is 0 Å². The maximum atomic E-state index is 5.78. The minimum atomic E-state index is 0.739. The number of nitrogen functional groups attached to an aromatic ring is 1. The molecule has 1 aromatic carbocycles. The predicted octanol–water partition coefficient (Wildman–Crippen LogP) is 2.92. The van der Waals surface area contributed by atoms with Crippen molar-refractivity contribution in [1.29, 1.82) is 0 Å². The van der Waals surface area contributed by atoms with Gasteiger partial charge in [-0.2, -0.15) is 0 Å². The summed E-state index contributed by atoms with van der Waals surface area (Å²) in [5.74, 6) is 0.949. The average molecular weight is 241 g/mol.